The third-order valence-corrected chi connectivity index (χ3v) is 4.86. The van der Waals surface area contributed by atoms with E-state index in [0.29, 0.717) is 6.54 Å². The third-order valence-electron chi connectivity index (χ3n) is 4.46. The fourth-order valence-electron chi connectivity index (χ4n) is 2.95. The second-order valence-electron chi connectivity index (χ2n) is 7.02. The van der Waals surface area contributed by atoms with E-state index >= 15 is 0 Å². The third kappa shape index (κ3) is 4.35. The number of hydrogen-bond acceptors (Lipinski definition) is 3. The summed E-state index contributed by atoms with van der Waals surface area (Å²) >= 11 is 3.46. The van der Waals surface area contributed by atoms with Crippen LogP contribution in [0.15, 0.2) is 42.5 Å². The highest BCUT2D eigenvalue weighted by atomic mass is 79.9. The predicted octanol–water partition coefficient (Wildman–Crippen LogP) is 4.21. The fraction of sp³-hybridized carbons (Fsp3) is 0.400. The first-order valence-corrected chi connectivity index (χ1v) is 9.73. The summed E-state index contributed by atoms with van der Waals surface area (Å²) < 4.78 is 5.95. The van der Waals surface area contributed by atoms with Crippen LogP contribution in [0.2, 0.25) is 0 Å². The van der Waals surface area contributed by atoms with E-state index < -0.39 is 6.10 Å². The number of para-hydroxylation sites is 1. The molecule has 0 aliphatic heterocycles. The molecule has 0 radical (unpaired) electrons. The van der Waals surface area contributed by atoms with Gasteiger partial charge < -0.3 is 20.1 Å². The number of halogens is 1. The van der Waals surface area contributed by atoms with E-state index in [1.807, 2.05) is 30.3 Å². The topological polar surface area (TPSA) is 57.3 Å². The van der Waals surface area contributed by atoms with Gasteiger partial charge in [-0.05, 0) is 38.5 Å². The van der Waals surface area contributed by atoms with Crippen LogP contribution in [0.1, 0.15) is 20.3 Å². The number of fused-ring (bicyclic) bond motifs is 3. The summed E-state index contributed by atoms with van der Waals surface area (Å²) in [5, 5.41) is 16.8. The van der Waals surface area contributed by atoms with Crippen molar-refractivity contribution in [2.45, 2.75) is 31.9 Å². The van der Waals surface area contributed by atoms with Crippen molar-refractivity contribution < 1.29 is 9.84 Å². The lowest BCUT2D eigenvalue weighted by atomic mass is 10.0. The van der Waals surface area contributed by atoms with Gasteiger partial charge in [0.25, 0.3) is 0 Å². The van der Waals surface area contributed by atoms with Gasteiger partial charge in [-0.1, -0.05) is 40.2 Å². The van der Waals surface area contributed by atoms with Crippen molar-refractivity contribution >= 4 is 37.7 Å². The second-order valence-corrected chi connectivity index (χ2v) is 7.81. The Hall–Kier alpha value is -1.56. The highest BCUT2D eigenvalue weighted by Gasteiger charge is 2.18. The lowest BCUT2D eigenvalue weighted by Crippen LogP contribution is -2.45. The van der Waals surface area contributed by atoms with Crippen LogP contribution in [0.3, 0.4) is 0 Å². The van der Waals surface area contributed by atoms with Crippen molar-refractivity contribution in [1.29, 1.82) is 0 Å². The highest BCUT2D eigenvalue weighted by molar-refractivity contribution is 9.09. The van der Waals surface area contributed by atoms with E-state index in [0.717, 1.165) is 39.3 Å². The molecule has 1 unspecified atom stereocenters. The minimum absolute atomic E-state index is 0.0126. The summed E-state index contributed by atoms with van der Waals surface area (Å²) in [5.41, 5.74) is 2.12. The van der Waals surface area contributed by atoms with E-state index in [2.05, 4.69) is 52.2 Å². The van der Waals surface area contributed by atoms with Crippen molar-refractivity contribution in [2.24, 2.45) is 0 Å². The predicted molar refractivity (Wildman–Crippen MR) is 108 cm³/mol. The monoisotopic (exact) mass is 404 g/mol. The molecule has 5 heteroatoms. The molecular weight excluding hydrogens is 380 g/mol. The van der Waals surface area contributed by atoms with Gasteiger partial charge in [-0.25, -0.2) is 0 Å². The Balaban J connectivity index is 1.69. The van der Waals surface area contributed by atoms with Gasteiger partial charge in [0.1, 0.15) is 18.5 Å². The first-order valence-electron chi connectivity index (χ1n) is 8.61. The van der Waals surface area contributed by atoms with Crippen LogP contribution in [-0.4, -0.2) is 40.2 Å². The standard InChI is InChI=1S/C20H25BrN2O2/c1-20(2,10-11-21)22-12-14(24)13-25-18-9-5-8-17-19(18)15-6-3-4-7-16(15)23-17/h3-9,14,22-24H,10-13H2,1-2H3. The lowest BCUT2D eigenvalue weighted by Gasteiger charge is -2.27. The smallest absolute Gasteiger partial charge is 0.129 e. The van der Waals surface area contributed by atoms with Crippen molar-refractivity contribution in [1.82, 2.24) is 10.3 Å². The molecule has 1 heterocycles. The summed E-state index contributed by atoms with van der Waals surface area (Å²) in [4.78, 5) is 3.41. The van der Waals surface area contributed by atoms with E-state index in [9.17, 15) is 5.11 Å². The number of hydrogen-bond donors (Lipinski definition) is 3. The number of aliphatic hydroxyl groups is 1. The minimum Gasteiger partial charge on any atom is -0.490 e. The van der Waals surface area contributed by atoms with Crippen LogP contribution in [0.4, 0.5) is 0 Å². The Bertz CT molecular complexity index is 844. The van der Waals surface area contributed by atoms with E-state index in [-0.39, 0.29) is 12.1 Å². The van der Waals surface area contributed by atoms with E-state index in [1.165, 1.54) is 0 Å². The molecule has 1 aromatic heterocycles. The zero-order valence-electron chi connectivity index (χ0n) is 14.7. The molecule has 3 N–H and O–H groups in total. The molecule has 0 saturated heterocycles. The molecule has 0 fully saturated rings. The van der Waals surface area contributed by atoms with Gasteiger partial charge in [0.2, 0.25) is 0 Å². The number of rotatable bonds is 8. The average molecular weight is 405 g/mol. The van der Waals surface area contributed by atoms with Crippen molar-refractivity contribution in [2.75, 3.05) is 18.5 Å². The van der Waals surface area contributed by atoms with Gasteiger partial charge in [0.05, 0.1) is 5.52 Å². The number of benzene rings is 2. The summed E-state index contributed by atoms with van der Waals surface area (Å²) in [6.45, 7) is 5.03. The molecule has 3 rings (SSSR count). The Labute approximate surface area is 156 Å². The van der Waals surface area contributed by atoms with Crippen LogP contribution < -0.4 is 10.1 Å². The molecule has 1 atom stereocenters. The number of β-amino-alcohol motifs (C(OH)–C–C–N with tert-alkyl or cyclic N) is 1. The molecule has 0 spiro atoms. The number of aromatic amines is 1. The molecule has 0 aliphatic rings. The van der Waals surface area contributed by atoms with Crippen LogP contribution in [0.25, 0.3) is 21.8 Å². The highest BCUT2D eigenvalue weighted by Crippen LogP contribution is 2.32. The summed E-state index contributed by atoms with van der Waals surface area (Å²) in [5.74, 6) is 0.800. The molecule has 2 aromatic carbocycles. The molecule has 134 valence electrons. The maximum Gasteiger partial charge on any atom is 0.129 e. The molecular formula is C20H25BrN2O2. The number of aliphatic hydroxyl groups excluding tert-OH is 1. The molecule has 3 aromatic rings. The van der Waals surface area contributed by atoms with Crippen molar-refractivity contribution in [3.63, 3.8) is 0 Å². The summed E-state index contributed by atoms with van der Waals surface area (Å²) in [6.07, 6.45) is 0.435. The van der Waals surface area contributed by atoms with Crippen LogP contribution in [-0.2, 0) is 0 Å². The second kappa shape index (κ2) is 7.77. The average Bonchev–Trinajstić information content (AvgIpc) is 2.97. The van der Waals surface area contributed by atoms with Gasteiger partial charge in [-0.2, -0.15) is 0 Å². The Morgan fingerprint density at radius 1 is 1.16 bits per heavy atom. The SMILES string of the molecule is CC(C)(CCBr)NCC(O)COc1cccc2[nH]c3ccccc3c12. The van der Waals surface area contributed by atoms with Crippen LogP contribution in [0, 0.1) is 0 Å². The first kappa shape index (κ1) is 18.2. The molecule has 4 nitrogen and oxygen atoms in total. The van der Waals surface area contributed by atoms with Crippen LogP contribution >= 0.6 is 15.9 Å². The Morgan fingerprint density at radius 2 is 1.92 bits per heavy atom. The quantitative estimate of drug-likeness (QED) is 0.492. The van der Waals surface area contributed by atoms with Gasteiger partial charge in [-0.3, -0.25) is 0 Å². The van der Waals surface area contributed by atoms with Crippen molar-refractivity contribution in [3.05, 3.63) is 42.5 Å². The number of alkyl halides is 1. The molecule has 25 heavy (non-hydrogen) atoms. The summed E-state index contributed by atoms with van der Waals surface area (Å²) in [6, 6.07) is 14.2. The zero-order chi connectivity index (χ0) is 17.9. The van der Waals surface area contributed by atoms with Gasteiger partial charge in [0, 0.05) is 33.7 Å². The minimum atomic E-state index is -0.560. The summed E-state index contributed by atoms with van der Waals surface area (Å²) in [7, 11) is 0. The van der Waals surface area contributed by atoms with Gasteiger partial charge in [-0.15, -0.1) is 0 Å². The fourth-order valence-corrected chi connectivity index (χ4v) is 3.94. The number of nitrogens with one attached hydrogen (secondary N) is 2. The Morgan fingerprint density at radius 3 is 2.72 bits per heavy atom. The van der Waals surface area contributed by atoms with Gasteiger partial charge >= 0.3 is 0 Å². The number of aromatic nitrogens is 1. The molecule has 0 amide bonds. The first-order chi connectivity index (χ1) is 12.0. The van der Waals surface area contributed by atoms with E-state index in [4.69, 9.17) is 4.74 Å². The zero-order valence-corrected chi connectivity index (χ0v) is 16.3. The van der Waals surface area contributed by atoms with Crippen LogP contribution in [0.5, 0.6) is 5.75 Å². The van der Waals surface area contributed by atoms with E-state index in [1.54, 1.807) is 0 Å². The lowest BCUT2D eigenvalue weighted by molar-refractivity contribution is 0.0994. The Kier molecular flexibility index (Phi) is 5.67. The molecule has 0 aliphatic carbocycles. The molecule has 0 bridgehead atoms. The molecule has 0 saturated carbocycles. The largest absolute Gasteiger partial charge is 0.490 e. The van der Waals surface area contributed by atoms with Gasteiger partial charge in [0.15, 0.2) is 0 Å². The normalized spacial score (nSPS) is 13.4. The number of ether oxygens (including phenoxy) is 1. The van der Waals surface area contributed by atoms with Crippen molar-refractivity contribution in [3.8, 4) is 5.75 Å². The maximum absolute atomic E-state index is 10.3. The number of H-pyrrole nitrogens is 1. The maximum atomic E-state index is 10.3.